The molecular weight excluding hydrogens is 280 g/mol. The lowest BCUT2D eigenvalue weighted by Gasteiger charge is -2.19. The Bertz CT molecular complexity index is 469. The minimum Gasteiger partial charge on any atom is -0.489 e. The normalized spacial score (nSPS) is 17.7. The van der Waals surface area contributed by atoms with E-state index in [0.717, 1.165) is 38.2 Å². The van der Waals surface area contributed by atoms with Crippen LogP contribution in [-0.4, -0.2) is 49.8 Å². The average molecular weight is 306 g/mol. The van der Waals surface area contributed by atoms with Crippen molar-refractivity contribution in [3.63, 3.8) is 0 Å². The molecule has 1 saturated heterocycles. The number of para-hydroxylation sites is 2. The summed E-state index contributed by atoms with van der Waals surface area (Å²) in [6.07, 6.45) is 2.30. The van der Waals surface area contributed by atoms with E-state index in [1.54, 1.807) is 0 Å². The van der Waals surface area contributed by atoms with Crippen LogP contribution in [-0.2, 0) is 9.53 Å². The SMILES string of the molecule is CCN(CC)CC(=O)Nc1ccccc1OCC1CCCO1. The monoisotopic (exact) mass is 306 g/mol. The number of carbonyl (C=O) groups is 1. The van der Waals surface area contributed by atoms with Gasteiger partial charge in [-0.05, 0) is 38.1 Å². The van der Waals surface area contributed by atoms with Crippen LogP contribution in [0.4, 0.5) is 5.69 Å². The highest BCUT2D eigenvalue weighted by atomic mass is 16.5. The number of hydrogen-bond acceptors (Lipinski definition) is 4. The van der Waals surface area contributed by atoms with Gasteiger partial charge in [-0.15, -0.1) is 0 Å². The molecule has 0 aromatic heterocycles. The Balaban J connectivity index is 1.90. The lowest BCUT2D eigenvalue weighted by Crippen LogP contribution is -2.33. The zero-order chi connectivity index (χ0) is 15.8. The van der Waals surface area contributed by atoms with Gasteiger partial charge in [0, 0.05) is 6.61 Å². The van der Waals surface area contributed by atoms with Gasteiger partial charge < -0.3 is 14.8 Å². The fraction of sp³-hybridized carbons (Fsp3) is 0.588. The lowest BCUT2D eigenvalue weighted by atomic mass is 10.2. The first-order valence-corrected chi connectivity index (χ1v) is 8.08. The number of nitrogens with one attached hydrogen (secondary N) is 1. The quantitative estimate of drug-likeness (QED) is 0.802. The number of ether oxygens (including phenoxy) is 2. The maximum absolute atomic E-state index is 12.1. The van der Waals surface area contributed by atoms with E-state index >= 15 is 0 Å². The summed E-state index contributed by atoms with van der Waals surface area (Å²) < 4.78 is 11.4. The van der Waals surface area contributed by atoms with Crippen molar-refractivity contribution in [2.24, 2.45) is 0 Å². The summed E-state index contributed by atoms with van der Waals surface area (Å²) in [7, 11) is 0. The molecule has 1 N–H and O–H groups in total. The second-order valence-corrected chi connectivity index (χ2v) is 5.45. The molecule has 0 saturated carbocycles. The van der Waals surface area contributed by atoms with Gasteiger partial charge in [0.2, 0.25) is 5.91 Å². The highest BCUT2D eigenvalue weighted by Gasteiger charge is 2.17. The maximum Gasteiger partial charge on any atom is 0.238 e. The molecule has 2 rings (SSSR count). The smallest absolute Gasteiger partial charge is 0.238 e. The largest absolute Gasteiger partial charge is 0.489 e. The summed E-state index contributed by atoms with van der Waals surface area (Å²) in [5.41, 5.74) is 0.720. The van der Waals surface area contributed by atoms with Crippen molar-refractivity contribution in [1.82, 2.24) is 4.90 Å². The van der Waals surface area contributed by atoms with Crippen molar-refractivity contribution >= 4 is 11.6 Å². The third-order valence-corrected chi connectivity index (χ3v) is 3.87. The van der Waals surface area contributed by atoms with E-state index in [-0.39, 0.29) is 12.0 Å². The minimum atomic E-state index is -0.0168. The molecule has 0 aliphatic carbocycles. The second-order valence-electron chi connectivity index (χ2n) is 5.45. The molecule has 1 heterocycles. The van der Waals surface area contributed by atoms with Crippen LogP contribution < -0.4 is 10.1 Å². The summed E-state index contributed by atoms with van der Waals surface area (Å²) in [5, 5.41) is 2.94. The van der Waals surface area contributed by atoms with Gasteiger partial charge in [0.1, 0.15) is 12.4 Å². The fourth-order valence-corrected chi connectivity index (χ4v) is 2.49. The molecule has 1 fully saturated rings. The van der Waals surface area contributed by atoms with Crippen LogP contribution in [0.15, 0.2) is 24.3 Å². The minimum absolute atomic E-state index is 0.0168. The molecule has 5 nitrogen and oxygen atoms in total. The van der Waals surface area contributed by atoms with Crippen LogP contribution >= 0.6 is 0 Å². The van der Waals surface area contributed by atoms with Crippen LogP contribution in [0.3, 0.4) is 0 Å². The zero-order valence-corrected chi connectivity index (χ0v) is 13.5. The number of nitrogens with zero attached hydrogens (tertiary/aromatic N) is 1. The van der Waals surface area contributed by atoms with E-state index in [2.05, 4.69) is 24.1 Å². The molecule has 0 spiro atoms. The lowest BCUT2D eigenvalue weighted by molar-refractivity contribution is -0.117. The molecule has 1 aliphatic rings. The number of likely N-dealkylation sites (N-methyl/N-ethyl adjacent to an activating group) is 1. The average Bonchev–Trinajstić information content (AvgIpc) is 3.05. The summed E-state index contributed by atoms with van der Waals surface area (Å²) in [4.78, 5) is 14.2. The Labute approximate surface area is 132 Å². The van der Waals surface area contributed by atoms with Crippen LogP contribution in [0.5, 0.6) is 5.75 Å². The summed E-state index contributed by atoms with van der Waals surface area (Å²) in [6.45, 7) is 7.57. The van der Waals surface area contributed by atoms with Gasteiger partial charge in [-0.25, -0.2) is 0 Å². The van der Waals surface area contributed by atoms with Gasteiger partial charge in [0.05, 0.1) is 18.3 Å². The van der Waals surface area contributed by atoms with Gasteiger partial charge >= 0.3 is 0 Å². The van der Waals surface area contributed by atoms with Crippen LogP contribution in [0.25, 0.3) is 0 Å². The summed E-state index contributed by atoms with van der Waals surface area (Å²) >= 11 is 0. The summed E-state index contributed by atoms with van der Waals surface area (Å²) in [6, 6.07) is 7.55. The molecule has 122 valence electrons. The van der Waals surface area contributed by atoms with Crippen molar-refractivity contribution in [1.29, 1.82) is 0 Å². The Hall–Kier alpha value is -1.59. The van der Waals surface area contributed by atoms with Crippen molar-refractivity contribution in [2.75, 3.05) is 38.2 Å². The van der Waals surface area contributed by atoms with E-state index < -0.39 is 0 Å². The van der Waals surface area contributed by atoms with Crippen molar-refractivity contribution in [3.05, 3.63) is 24.3 Å². The Morgan fingerprint density at radius 1 is 1.36 bits per heavy atom. The predicted octanol–water partition coefficient (Wildman–Crippen LogP) is 2.52. The van der Waals surface area contributed by atoms with E-state index in [9.17, 15) is 4.79 Å². The Morgan fingerprint density at radius 2 is 2.14 bits per heavy atom. The van der Waals surface area contributed by atoms with E-state index in [4.69, 9.17) is 9.47 Å². The molecule has 1 unspecified atom stereocenters. The fourth-order valence-electron chi connectivity index (χ4n) is 2.49. The van der Waals surface area contributed by atoms with E-state index in [0.29, 0.717) is 18.9 Å². The van der Waals surface area contributed by atoms with Gasteiger partial charge in [0.25, 0.3) is 0 Å². The van der Waals surface area contributed by atoms with E-state index in [1.807, 2.05) is 24.3 Å². The first kappa shape index (κ1) is 16.8. The number of anilines is 1. The molecule has 1 atom stereocenters. The van der Waals surface area contributed by atoms with Crippen LogP contribution in [0, 0.1) is 0 Å². The molecule has 5 heteroatoms. The molecule has 22 heavy (non-hydrogen) atoms. The van der Waals surface area contributed by atoms with Gasteiger partial charge in [-0.2, -0.15) is 0 Å². The third-order valence-electron chi connectivity index (χ3n) is 3.87. The Kier molecular flexibility index (Phi) is 6.68. The molecule has 1 aromatic carbocycles. The molecule has 0 radical (unpaired) electrons. The first-order valence-electron chi connectivity index (χ1n) is 8.08. The van der Waals surface area contributed by atoms with Crippen molar-refractivity contribution in [2.45, 2.75) is 32.8 Å². The van der Waals surface area contributed by atoms with Gasteiger partial charge in [0.15, 0.2) is 0 Å². The highest BCUT2D eigenvalue weighted by Crippen LogP contribution is 2.25. The zero-order valence-electron chi connectivity index (χ0n) is 13.5. The first-order chi connectivity index (χ1) is 10.7. The standard InChI is InChI=1S/C17H26N2O3/c1-3-19(4-2)12-17(20)18-15-9-5-6-10-16(15)22-13-14-8-7-11-21-14/h5-6,9-10,14H,3-4,7-8,11-13H2,1-2H3,(H,18,20). The predicted molar refractivity (Wildman–Crippen MR) is 87.3 cm³/mol. The number of benzene rings is 1. The maximum atomic E-state index is 12.1. The topological polar surface area (TPSA) is 50.8 Å². The number of hydrogen-bond donors (Lipinski definition) is 1. The molecule has 1 aromatic rings. The molecule has 1 amide bonds. The third kappa shape index (κ3) is 5.00. The second kappa shape index (κ2) is 8.76. The molecule has 1 aliphatic heterocycles. The summed E-state index contributed by atoms with van der Waals surface area (Å²) in [5.74, 6) is 0.683. The number of amides is 1. The van der Waals surface area contributed by atoms with Crippen molar-refractivity contribution < 1.29 is 14.3 Å². The molecule has 0 bridgehead atoms. The number of rotatable bonds is 8. The van der Waals surface area contributed by atoms with Crippen LogP contribution in [0.1, 0.15) is 26.7 Å². The van der Waals surface area contributed by atoms with Gasteiger partial charge in [-0.3, -0.25) is 9.69 Å². The molecular formula is C17H26N2O3. The van der Waals surface area contributed by atoms with Crippen molar-refractivity contribution in [3.8, 4) is 5.75 Å². The highest BCUT2D eigenvalue weighted by molar-refractivity contribution is 5.93. The Morgan fingerprint density at radius 3 is 2.82 bits per heavy atom. The van der Waals surface area contributed by atoms with Crippen LogP contribution in [0.2, 0.25) is 0 Å². The van der Waals surface area contributed by atoms with E-state index in [1.165, 1.54) is 0 Å². The van der Waals surface area contributed by atoms with Gasteiger partial charge in [-0.1, -0.05) is 26.0 Å². The number of carbonyl (C=O) groups excluding carboxylic acids is 1.